The second kappa shape index (κ2) is 8.17. The van der Waals surface area contributed by atoms with Gasteiger partial charge >= 0.3 is 6.03 Å². The highest BCUT2D eigenvalue weighted by Crippen LogP contribution is 2.38. The number of carbonyl (C=O) groups excluding carboxylic acids is 3. The van der Waals surface area contributed by atoms with Gasteiger partial charge in [0, 0.05) is 11.7 Å². The Morgan fingerprint density at radius 2 is 1.76 bits per heavy atom. The van der Waals surface area contributed by atoms with Gasteiger partial charge in [-0.1, -0.05) is 57.2 Å². The monoisotopic (exact) mass is 397 g/mol. The van der Waals surface area contributed by atoms with E-state index >= 15 is 0 Å². The van der Waals surface area contributed by atoms with Crippen LogP contribution in [0.25, 0.3) is 0 Å². The van der Waals surface area contributed by atoms with Crippen molar-refractivity contribution in [3.05, 3.63) is 30.3 Å². The predicted octanol–water partition coefficient (Wildman–Crippen LogP) is 3.85. The molecule has 156 valence electrons. The summed E-state index contributed by atoms with van der Waals surface area (Å²) in [5, 5.41) is 2.95. The van der Waals surface area contributed by atoms with Crippen LogP contribution in [0.1, 0.15) is 64.7 Å². The first-order valence-corrected chi connectivity index (χ1v) is 11.0. The Kier molecular flexibility index (Phi) is 5.61. The number of imide groups is 1. The Labute approximate surface area is 172 Å². The van der Waals surface area contributed by atoms with Crippen molar-refractivity contribution < 1.29 is 14.4 Å². The minimum absolute atomic E-state index is 0.0939. The number of hydrogen-bond acceptors (Lipinski definition) is 3. The van der Waals surface area contributed by atoms with Crippen molar-refractivity contribution in [1.82, 2.24) is 10.2 Å². The van der Waals surface area contributed by atoms with E-state index < -0.39 is 11.6 Å². The first-order valence-electron chi connectivity index (χ1n) is 11.0. The van der Waals surface area contributed by atoms with E-state index in [2.05, 4.69) is 5.32 Å². The molecule has 1 saturated heterocycles. The van der Waals surface area contributed by atoms with Gasteiger partial charge in [0.25, 0.3) is 5.91 Å². The van der Waals surface area contributed by atoms with E-state index in [0.29, 0.717) is 6.42 Å². The van der Waals surface area contributed by atoms with Crippen LogP contribution in [0.2, 0.25) is 0 Å². The molecule has 1 spiro atoms. The van der Waals surface area contributed by atoms with Gasteiger partial charge in [-0.3, -0.25) is 14.5 Å². The molecule has 2 atom stereocenters. The number of anilines is 1. The topological polar surface area (TPSA) is 69.7 Å². The lowest BCUT2D eigenvalue weighted by atomic mass is 9.73. The Bertz CT molecular complexity index is 775. The van der Waals surface area contributed by atoms with Crippen molar-refractivity contribution in [3.8, 4) is 0 Å². The van der Waals surface area contributed by atoms with Crippen molar-refractivity contribution in [2.24, 2.45) is 5.92 Å². The molecule has 4 amide bonds. The van der Waals surface area contributed by atoms with E-state index in [1.807, 2.05) is 42.2 Å². The maximum Gasteiger partial charge on any atom is 0.325 e. The molecule has 4 rings (SSSR count). The van der Waals surface area contributed by atoms with Crippen molar-refractivity contribution in [3.63, 3.8) is 0 Å². The van der Waals surface area contributed by atoms with E-state index in [4.69, 9.17) is 0 Å². The lowest BCUT2D eigenvalue weighted by molar-refractivity contribution is -0.136. The highest BCUT2D eigenvalue weighted by molar-refractivity contribution is 6.10. The van der Waals surface area contributed by atoms with Gasteiger partial charge in [0.05, 0.1) is 0 Å². The normalized spacial score (nSPS) is 27.9. The summed E-state index contributed by atoms with van der Waals surface area (Å²) < 4.78 is 0. The fourth-order valence-electron chi connectivity index (χ4n) is 5.34. The molecule has 1 aromatic carbocycles. The van der Waals surface area contributed by atoms with Crippen LogP contribution >= 0.6 is 0 Å². The summed E-state index contributed by atoms with van der Waals surface area (Å²) in [6, 6.07) is 9.34. The largest absolute Gasteiger partial charge is 0.325 e. The number of carbonyl (C=O) groups is 3. The number of urea groups is 1. The van der Waals surface area contributed by atoms with E-state index in [1.165, 1.54) is 6.42 Å². The molecule has 3 aliphatic rings. The lowest BCUT2D eigenvalue weighted by Gasteiger charge is -2.37. The Balaban J connectivity index is 1.56. The Hall–Kier alpha value is -2.37. The molecule has 6 nitrogen and oxygen atoms in total. The number of nitrogens with one attached hydrogen (secondary N) is 1. The summed E-state index contributed by atoms with van der Waals surface area (Å²) in [4.78, 5) is 42.3. The van der Waals surface area contributed by atoms with E-state index in [-0.39, 0.29) is 30.3 Å². The summed E-state index contributed by atoms with van der Waals surface area (Å²) in [7, 11) is 0. The van der Waals surface area contributed by atoms with Crippen LogP contribution in [0.5, 0.6) is 0 Å². The Morgan fingerprint density at radius 1 is 1.07 bits per heavy atom. The molecule has 6 heteroatoms. The highest BCUT2D eigenvalue weighted by Gasteiger charge is 2.55. The number of nitrogens with zero attached hydrogens (tertiary/aromatic N) is 2. The molecule has 1 aromatic rings. The SMILES string of the molecule is C[C@@H]1CCCC[C@]12NC(=O)N(CC(=O)N(c1ccccc1)C1CCCCC1)C2=O. The molecule has 1 heterocycles. The second-order valence-corrected chi connectivity index (χ2v) is 8.83. The van der Waals surface area contributed by atoms with Crippen LogP contribution in [0.3, 0.4) is 0 Å². The Morgan fingerprint density at radius 3 is 2.45 bits per heavy atom. The van der Waals surface area contributed by atoms with Crippen molar-refractivity contribution in [1.29, 1.82) is 0 Å². The maximum absolute atomic E-state index is 13.4. The highest BCUT2D eigenvalue weighted by atomic mass is 16.2. The minimum Gasteiger partial charge on any atom is -0.323 e. The van der Waals surface area contributed by atoms with Gasteiger partial charge in [-0.25, -0.2) is 4.79 Å². The standard InChI is InChI=1S/C23H31N3O3/c1-17-10-8-9-15-23(17)21(28)25(22(29)24-23)16-20(27)26(18-11-4-2-5-12-18)19-13-6-3-7-14-19/h2,4-5,11-12,17,19H,3,6-10,13-16H2,1H3,(H,24,29)/t17-,23+/m1/s1. The molecule has 1 N–H and O–H groups in total. The number of para-hydroxylation sites is 1. The van der Waals surface area contributed by atoms with Gasteiger partial charge in [-0.05, 0) is 43.7 Å². The molecule has 29 heavy (non-hydrogen) atoms. The number of hydrogen-bond donors (Lipinski definition) is 1. The van der Waals surface area contributed by atoms with Gasteiger partial charge in [0.1, 0.15) is 12.1 Å². The van der Waals surface area contributed by atoms with Crippen molar-refractivity contribution in [2.45, 2.75) is 76.3 Å². The fraction of sp³-hybridized carbons (Fsp3) is 0.609. The van der Waals surface area contributed by atoms with Crippen LogP contribution in [-0.4, -0.2) is 40.9 Å². The zero-order chi connectivity index (χ0) is 20.4. The number of rotatable bonds is 4. The van der Waals surface area contributed by atoms with Crippen LogP contribution in [0.4, 0.5) is 10.5 Å². The third-order valence-corrected chi connectivity index (χ3v) is 7.04. The minimum atomic E-state index is -0.821. The van der Waals surface area contributed by atoms with Crippen molar-refractivity contribution >= 4 is 23.5 Å². The summed E-state index contributed by atoms with van der Waals surface area (Å²) in [5.74, 6) is -0.303. The summed E-state index contributed by atoms with van der Waals surface area (Å²) in [6.45, 7) is 1.84. The fourth-order valence-corrected chi connectivity index (χ4v) is 5.34. The lowest BCUT2D eigenvalue weighted by Crippen LogP contribution is -2.54. The second-order valence-electron chi connectivity index (χ2n) is 8.83. The van der Waals surface area contributed by atoms with Gasteiger partial charge in [0.2, 0.25) is 5.91 Å². The third-order valence-electron chi connectivity index (χ3n) is 7.04. The van der Waals surface area contributed by atoms with Crippen LogP contribution in [0, 0.1) is 5.92 Å². The summed E-state index contributed by atoms with van der Waals surface area (Å²) in [6.07, 6.45) is 8.91. The van der Waals surface area contributed by atoms with Gasteiger partial charge < -0.3 is 10.2 Å². The zero-order valence-electron chi connectivity index (χ0n) is 17.2. The maximum atomic E-state index is 13.4. The quantitative estimate of drug-likeness (QED) is 0.785. The first kappa shape index (κ1) is 19.9. The molecule has 2 aliphatic carbocycles. The van der Waals surface area contributed by atoms with Crippen LogP contribution in [0.15, 0.2) is 30.3 Å². The molecule has 3 fully saturated rings. The first-order chi connectivity index (χ1) is 14.0. The zero-order valence-corrected chi connectivity index (χ0v) is 17.2. The number of amides is 4. The van der Waals surface area contributed by atoms with Gasteiger partial charge in [-0.15, -0.1) is 0 Å². The molecule has 0 bridgehead atoms. The molecule has 0 unspecified atom stereocenters. The van der Waals surface area contributed by atoms with Gasteiger partial charge in [0.15, 0.2) is 0 Å². The molecule has 2 saturated carbocycles. The molecular formula is C23H31N3O3. The summed E-state index contributed by atoms with van der Waals surface area (Å²) >= 11 is 0. The van der Waals surface area contributed by atoms with Crippen LogP contribution < -0.4 is 10.2 Å². The molecule has 0 aromatic heterocycles. The smallest absolute Gasteiger partial charge is 0.323 e. The van der Waals surface area contributed by atoms with E-state index in [0.717, 1.165) is 55.5 Å². The number of benzene rings is 1. The third kappa shape index (κ3) is 3.65. The summed E-state index contributed by atoms with van der Waals surface area (Å²) in [5.41, 5.74) is 0.0232. The van der Waals surface area contributed by atoms with E-state index in [9.17, 15) is 14.4 Å². The molecule has 0 radical (unpaired) electrons. The van der Waals surface area contributed by atoms with E-state index in [1.54, 1.807) is 0 Å². The van der Waals surface area contributed by atoms with Crippen molar-refractivity contribution in [2.75, 3.05) is 11.4 Å². The van der Waals surface area contributed by atoms with Crippen LogP contribution in [-0.2, 0) is 9.59 Å². The molecule has 1 aliphatic heterocycles. The molecular weight excluding hydrogens is 366 g/mol. The van der Waals surface area contributed by atoms with Gasteiger partial charge in [-0.2, -0.15) is 0 Å². The predicted molar refractivity (Wildman–Crippen MR) is 111 cm³/mol. The average molecular weight is 398 g/mol. The average Bonchev–Trinajstić information content (AvgIpc) is 2.97.